The highest BCUT2D eigenvalue weighted by Crippen LogP contribution is 2.11. The van der Waals surface area contributed by atoms with Gasteiger partial charge in [-0.05, 0) is 45.2 Å². The number of nitrogens with one attached hydrogen (secondary N) is 1. The van der Waals surface area contributed by atoms with Gasteiger partial charge in [0.05, 0.1) is 0 Å². The molecule has 0 rings (SSSR count). The van der Waals surface area contributed by atoms with Gasteiger partial charge < -0.3 is 5.32 Å². The number of allylic oxidation sites excluding steroid dienone is 1. The molecule has 0 aliphatic rings. The van der Waals surface area contributed by atoms with Crippen molar-refractivity contribution in [1.29, 1.82) is 0 Å². The van der Waals surface area contributed by atoms with E-state index >= 15 is 0 Å². The lowest BCUT2D eigenvalue weighted by atomic mass is 10.1. The summed E-state index contributed by atoms with van der Waals surface area (Å²) in [5.74, 6) is 0.762. The molecular formula is C17H35N. The minimum absolute atomic E-state index is 0.762. The summed E-state index contributed by atoms with van der Waals surface area (Å²) in [6, 6.07) is 0. The lowest BCUT2D eigenvalue weighted by molar-refractivity contribution is 0.556. The van der Waals surface area contributed by atoms with E-state index in [0.717, 1.165) is 19.0 Å². The fourth-order valence-corrected chi connectivity index (χ4v) is 2.10. The quantitative estimate of drug-likeness (QED) is 0.367. The van der Waals surface area contributed by atoms with Crippen LogP contribution in [0.25, 0.3) is 0 Å². The molecule has 0 aliphatic heterocycles. The molecule has 0 bridgehead atoms. The van der Waals surface area contributed by atoms with Gasteiger partial charge in [0, 0.05) is 0 Å². The van der Waals surface area contributed by atoms with E-state index in [1.54, 1.807) is 5.57 Å². The predicted molar refractivity (Wildman–Crippen MR) is 84.1 cm³/mol. The van der Waals surface area contributed by atoms with Crippen molar-refractivity contribution in [3.63, 3.8) is 0 Å². The number of hydrogen-bond donors (Lipinski definition) is 1. The van der Waals surface area contributed by atoms with Crippen molar-refractivity contribution < 1.29 is 0 Å². The maximum absolute atomic E-state index is 3.49. The van der Waals surface area contributed by atoms with Crippen LogP contribution in [0.2, 0.25) is 0 Å². The van der Waals surface area contributed by atoms with Gasteiger partial charge in [-0.2, -0.15) is 0 Å². The first-order valence-corrected chi connectivity index (χ1v) is 8.03. The molecule has 0 fully saturated rings. The first kappa shape index (κ1) is 17.7. The van der Waals surface area contributed by atoms with Crippen LogP contribution in [-0.2, 0) is 0 Å². The summed E-state index contributed by atoms with van der Waals surface area (Å²) < 4.78 is 0. The molecule has 108 valence electrons. The Hall–Kier alpha value is -0.300. The van der Waals surface area contributed by atoms with Crippen LogP contribution < -0.4 is 5.32 Å². The first-order valence-electron chi connectivity index (χ1n) is 8.03. The second kappa shape index (κ2) is 13.1. The van der Waals surface area contributed by atoms with E-state index in [-0.39, 0.29) is 0 Å². The number of unbranched alkanes of at least 4 members (excludes halogenated alkanes) is 5. The van der Waals surface area contributed by atoms with E-state index in [1.165, 1.54) is 51.4 Å². The molecule has 0 atom stereocenters. The van der Waals surface area contributed by atoms with Crippen molar-refractivity contribution in [2.75, 3.05) is 13.1 Å². The predicted octanol–water partition coefficient (Wildman–Crippen LogP) is 5.32. The molecule has 0 radical (unpaired) electrons. The molecule has 0 aromatic heterocycles. The molecule has 0 amide bonds. The van der Waals surface area contributed by atoms with Crippen LogP contribution in [0.5, 0.6) is 0 Å². The molecule has 1 nitrogen and oxygen atoms in total. The van der Waals surface area contributed by atoms with Crippen molar-refractivity contribution in [3.05, 3.63) is 11.6 Å². The van der Waals surface area contributed by atoms with Gasteiger partial charge >= 0.3 is 0 Å². The van der Waals surface area contributed by atoms with Crippen molar-refractivity contribution in [2.24, 2.45) is 5.92 Å². The second-order valence-electron chi connectivity index (χ2n) is 5.95. The van der Waals surface area contributed by atoms with Crippen LogP contribution >= 0.6 is 0 Å². The first-order chi connectivity index (χ1) is 8.66. The molecule has 0 unspecified atom stereocenters. The van der Waals surface area contributed by atoms with Gasteiger partial charge in [-0.25, -0.2) is 0 Å². The lowest BCUT2D eigenvalue weighted by Gasteiger charge is -2.06. The average molecular weight is 253 g/mol. The summed E-state index contributed by atoms with van der Waals surface area (Å²) in [5.41, 5.74) is 1.58. The van der Waals surface area contributed by atoms with Gasteiger partial charge in [0.15, 0.2) is 0 Å². The molecule has 0 aromatic rings. The third-order valence-corrected chi connectivity index (χ3v) is 3.29. The molecule has 0 spiro atoms. The molecule has 1 heteroatoms. The Labute approximate surface area is 115 Å². The molecular weight excluding hydrogens is 218 g/mol. The average Bonchev–Trinajstić information content (AvgIpc) is 2.33. The minimum Gasteiger partial charge on any atom is -0.316 e. The topological polar surface area (TPSA) is 12.0 Å². The van der Waals surface area contributed by atoms with Crippen LogP contribution in [0.15, 0.2) is 11.6 Å². The molecule has 0 aliphatic carbocycles. The largest absolute Gasteiger partial charge is 0.316 e. The van der Waals surface area contributed by atoms with E-state index < -0.39 is 0 Å². The van der Waals surface area contributed by atoms with E-state index in [4.69, 9.17) is 0 Å². The third kappa shape index (κ3) is 13.8. The highest BCUT2D eigenvalue weighted by Gasteiger charge is 1.94. The fourth-order valence-electron chi connectivity index (χ4n) is 2.10. The number of hydrogen-bond acceptors (Lipinski definition) is 1. The van der Waals surface area contributed by atoms with E-state index in [0.29, 0.717) is 0 Å². The maximum Gasteiger partial charge on any atom is -0.00141 e. The summed E-state index contributed by atoms with van der Waals surface area (Å²) >= 11 is 0. The molecule has 0 saturated carbocycles. The Morgan fingerprint density at radius 3 is 2.39 bits per heavy atom. The van der Waals surface area contributed by atoms with Gasteiger partial charge in [-0.3, -0.25) is 0 Å². The van der Waals surface area contributed by atoms with Crippen LogP contribution in [-0.4, -0.2) is 13.1 Å². The molecule has 0 saturated heterocycles. The standard InChI is InChI=1S/C17H35N/c1-5-6-7-8-9-10-12-17(4)13-11-14-18-15-16(2)3/h13,16,18H,5-12,14-15H2,1-4H3. The normalized spacial score (nSPS) is 12.4. The van der Waals surface area contributed by atoms with Gasteiger partial charge in [-0.1, -0.05) is 64.5 Å². The van der Waals surface area contributed by atoms with E-state index in [1.807, 2.05) is 0 Å². The zero-order chi connectivity index (χ0) is 13.6. The summed E-state index contributed by atoms with van der Waals surface area (Å²) in [6.07, 6.45) is 13.3. The summed E-state index contributed by atoms with van der Waals surface area (Å²) in [6.45, 7) is 11.4. The lowest BCUT2D eigenvalue weighted by Crippen LogP contribution is -2.20. The Morgan fingerprint density at radius 1 is 1.06 bits per heavy atom. The minimum atomic E-state index is 0.762. The van der Waals surface area contributed by atoms with Crippen molar-refractivity contribution in [1.82, 2.24) is 5.32 Å². The SMILES string of the molecule is CCCCCCCCC(C)=CCCNCC(C)C. The maximum atomic E-state index is 3.49. The zero-order valence-corrected chi connectivity index (χ0v) is 13.2. The Balaban J connectivity index is 3.31. The highest BCUT2D eigenvalue weighted by molar-refractivity contribution is 4.97. The van der Waals surface area contributed by atoms with Crippen molar-refractivity contribution in [2.45, 2.75) is 79.1 Å². The fraction of sp³-hybridized carbons (Fsp3) is 0.882. The Kier molecular flexibility index (Phi) is 12.9. The van der Waals surface area contributed by atoms with E-state index in [2.05, 4.69) is 39.1 Å². The van der Waals surface area contributed by atoms with Crippen molar-refractivity contribution in [3.8, 4) is 0 Å². The third-order valence-electron chi connectivity index (χ3n) is 3.29. The van der Waals surface area contributed by atoms with Crippen LogP contribution in [0.1, 0.15) is 79.1 Å². The van der Waals surface area contributed by atoms with Gasteiger partial charge in [-0.15, -0.1) is 0 Å². The monoisotopic (exact) mass is 253 g/mol. The van der Waals surface area contributed by atoms with Crippen LogP contribution in [0.3, 0.4) is 0 Å². The molecule has 18 heavy (non-hydrogen) atoms. The number of rotatable bonds is 12. The van der Waals surface area contributed by atoms with Gasteiger partial charge in [0.1, 0.15) is 0 Å². The summed E-state index contributed by atoms with van der Waals surface area (Å²) in [7, 11) is 0. The molecule has 0 aromatic carbocycles. The Morgan fingerprint density at radius 2 is 1.72 bits per heavy atom. The molecule has 0 heterocycles. The smallest absolute Gasteiger partial charge is 0.00141 e. The highest BCUT2D eigenvalue weighted by atomic mass is 14.8. The zero-order valence-electron chi connectivity index (χ0n) is 13.2. The Bertz CT molecular complexity index is 194. The van der Waals surface area contributed by atoms with Crippen LogP contribution in [0, 0.1) is 5.92 Å². The molecule has 1 N–H and O–H groups in total. The summed E-state index contributed by atoms with van der Waals surface area (Å²) in [4.78, 5) is 0. The van der Waals surface area contributed by atoms with E-state index in [9.17, 15) is 0 Å². The van der Waals surface area contributed by atoms with Gasteiger partial charge in [0.2, 0.25) is 0 Å². The van der Waals surface area contributed by atoms with Gasteiger partial charge in [0.25, 0.3) is 0 Å². The summed E-state index contributed by atoms with van der Waals surface area (Å²) in [5, 5.41) is 3.49. The van der Waals surface area contributed by atoms with Crippen LogP contribution in [0.4, 0.5) is 0 Å². The second-order valence-corrected chi connectivity index (χ2v) is 5.95. The van der Waals surface area contributed by atoms with Crippen molar-refractivity contribution >= 4 is 0 Å².